The Bertz CT molecular complexity index is 819. The van der Waals surface area contributed by atoms with Crippen molar-refractivity contribution in [2.45, 2.75) is 58.2 Å². The lowest BCUT2D eigenvalue weighted by Crippen LogP contribution is -2.56. The van der Waals surface area contributed by atoms with Crippen molar-refractivity contribution in [2.75, 3.05) is 26.5 Å². The summed E-state index contributed by atoms with van der Waals surface area (Å²) in [4.78, 5) is 31.6. The molecule has 0 radical (unpaired) electrons. The van der Waals surface area contributed by atoms with Crippen LogP contribution in [0, 0.1) is 5.41 Å². The highest BCUT2D eigenvalue weighted by molar-refractivity contribution is 5.96. The Balaban J connectivity index is 0.00000363. The lowest BCUT2D eigenvalue weighted by atomic mass is 9.85. The summed E-state index contributed by atoms with van der Waals surface area (Å²) in [5.74, 6) is -0.826. The molecule has 1 aromatic rings. The Morgan fingerprint density at radius 3 is 2.61 bits per heavy atom. The Hall–Kier alpha value is -2.36. The van der Waals surface area contributed by atoms with Crippen LogP contribution >= 0.6 is 0 Å². The van der Waals surface area contributed by atoms with Crippen LogP contribution in [0.3, 0.4) is 0 Å². The average molecular weight is 445 g/mol. The second-order valence-corrected chi connectivity index (χ2v) is 9.05. The van der Waals surface area contributed by atoms with Gasteiger partial charge in [0.2, 0.25) is 5.91 Å². The number of amides is 2. The maximum Gasteiger partial charge on any atom is 0.422 e. The van der Waals surface area contributed by atoms with Crippen molar-refractivity contribution in [1.82, 2.24) is 15.2 Å². The fourth-order valence-corrected chi connectivity index (χ4v) is 3.36. The van der Waals surface area contributed by atoms with Gasteiger partial charge >= 0.3 is 6.18 Å². The molecule has 174 valence electrons. The van der Waals surface area contributed by atoms with Gasteiger partial charge in [0.15, 0.2) is 6.61 Å². The van der Waals surface area contributed by atoms with Gasteiger partial charge in [0, 0.05) is 25.8 Å². The molecule has 31 heavy (non-hydrogen) atoms. The van der Waals surface area contributed by atoms with E-state index in [0.29, 0.717) is 25.1 Å². The highest BCUT2D eigenvalue weighted by Crippen LogP contribution is 2.44. The van der Waals surface area contributed by atoms with Crippen molar-refractivity contribution in [1.29, 1.82) is 0 Å². The van der Waals surface area contributed by atoms with E-state index in [1.165, 1.54) is 12.3 Å². The first-order chi connectivity index (χ1) is 14.5. The van der Waals surface area contributed by atoms with Crippen LogP contribution in [0.4, 0.5) is 13.2 Å². The van der Waals surface area contributed by atoms with E-state index in [-0.39, 0.29) is 31.4 Å². The number of aromatic nitrogens is 1. The van der Waals surface area contributed by atoms with E-state index < -0.39 is 30.1 Å². The molecule has 1 unspecified atom stereocenters. The predicted octanol–water partition coefficient (Wildman–Crippen LogP) is 3.50. The highest BCUT2D eigenvalue weighted by atomic mass is 19.4. The second kappa shape index (κ2) is 9.02. The first-order valence-electron chi connectivity index (χ1n) is 10.3. The molecule has 0 bridgehead atoms. The van der Waals surface area contributed by atoms with Gasteiger partial charge in [0.1, 0.15) is 24.2 Å². The maximum absolute atomic E-state index is 13.0. The summed E-state index contributed by atoms with van der Waals surface area (Å²) in [5, 5.41) is 2.71. The van der Waals surface area contributed by atoms with Gasteiger partial charge in [-0.25, -0.2) is 0 Å². The number of halogens is 3. The summed E-state index contributed by atoms with van der Waals surface area (Å²) in [6.45, 7) is 5.28. The molecule has 2 fully saturated rings. The van der Waals surface area contributed by atoms with Crippen LogP contribution in [-0.4, -0.2) is 60.4 Å². The number of pyridine rings is 1. The Labute approximate surface area is 180 Å². The largest absolute Gasteiger partial charge is 0.484 e. The van der Waals surface area contributed by atoms with Gasteiger partial charge in [0.25, 0.3) is 5.91 Å². The monoisotopic (exact) mass is 445 g/mol. The lowest BCUT2D eigenvalue weighted by Gasteiger charge is -2.36. The van der Waals surface area contributed by atoms with E-state index in [2.05, 4.69) is 10.3 Å². The van der Waals surface area contributed by atoms with Crippen molar-refractivity contribution >= 4 is 11.8 Å². The van der Waals surface area contributed by atoms with Crippen LogP contribution in [-0.2, 0) is 9.53 Å². The van der Waals surface area contributed by atoms with E-state index in [0.717, 1.165) is 12.8 Å². The van der Waals surface area contributed by atoms with Crippen molar-refractivity contribution < 1.29 is 33.7 Å². The fourth-order valence-electron chi connectivity index (χ4n) is 3.36. The number of hydrogen-bond acceptors (Lipinski definition) is 5. The van der Waals surface area contributed by atoms with Crippen molar-refractivity contribution in [2.24, 2.45) is 5.41 Å². The lowest BCUT2D eigenvalue weighted by molar-refractivity contribution is -0.153. The minimum absolute atomic E-state index is 0. The SMILES string of the molecule is CC(C)(C)C(NC(=O)c1cc(OCC(F)(F)F)c(C2CC2)cn1)C(=O)N1CCCOC1.[HH]. The van der Waals surface area contributed by atoms with Crippen LogP contribution in [0.15, 0.2) is 12.3 Å². The molecule has 7 nitrogen and oxygen atoms in total. The smallest absolute Gasteiger partial charge is 0.422 e. The van der Waals surface area contributed by atoms with Crippen LogP contribution in [0.2, 0.25) is 0 Å². The van der Waals surface area contributed by atoms with Crippen LogP contribution in [0.25, 0.3) is 0 Å². The molecule has 2 heterocycles. The summed E-state index contributed by atoms with van der Waals surface area (Å²) in [7, 11) is 0. The van der Waals surface area contributed by atoms with Crippen molar-refractivity contribution in [3.8, 4) is 5.75 Å². The third-order valence-corrected chi connectivity index (χ3v) is 5.20. The molecular weight excluding hydrogens is 415 g/mol. The first-order valence-corrected chi connectivity index (χ1v) is 10.3. The van der Waals surface area contributed by atoms with E-state index in [1.54, 1.807) is 4.90 Å². The number of ether oxygens (including phenoxy) is 2. The predicted molar refractivity (Wildman–Crippen MR) is 108 cm³/mol. The molecule has 0 spiro atoms. The van der Waals surface area contributed by atoms with Gasteiger partial charge in [-0.05, 0) is 30.6 Å². The number of hydrogen-bond donors (Lipinski definition) is 1. The zero-order valence-corrected chi connectivity index (χ0v) is 17.9. The molecule has 1 aromatic heterocycles. The van der Waals surface area contributed by atoms with Gasteiger partial charge in [-0.2, -0.15) is 13.2 Å². The molecule has 1 atom stereocenters. The van der Waals surface area contributed by atoms with Crippen molar-refractivity contribution in [3.05, 3.63) is 23.5 Å². The molecule has 1 N–H and O–H groups in total. The minimum Gasteiger partial charge on any atom is -0.484 e. The maximum atomic E-state index is 13.0. The molecule has 1 aliphatic carbocycles. The zero-order valence-electron chi connectivity index (χ0n) is 17.9. The molecule has 0 aromatic carbocycles. The Kier molecular flexibility index (Phi) is 6.78. The summed E-state index contributed by atoms with van der Waals surface area (Å²) in [6.07, 6.45) is -0.708. The highest BCUT2D eigenvalue weighted by Gasteiger charge is 2.37. The number of nitrogens with zero attached hydrogens (tertiary/aromatic N) is 2. The average Bonchev–Trinajstić information content (AvgIpc) is 3.54. The molecule has 10 heteroatoms. The molecule has 3 rings (SSSR count). The Morgan fingerprint density at radius 1 is 1.35 bits per heavy atom. The standard InChI is InChI=1S/C21H28F3N3O4.H2/c1-20(2,3)17(19(29)27-7-4-8-30-12-27)26-18(28)15-9-16(31-11-21(22,23)24)14(10-25-15)13-5-6-13;/h9-10,13,17H,4-8,11-12H2,1-3H3,(H,26,28);1H. The van der Waals surface area contributed by atoms with Crippen molar-refractivity contribution in [3.63, 3.8) is 0 Å². The van der Waals surface area contributed by atoms with Gasteiger partial charge in [-0.1, -0.05) is 20.8 Å². The molecule has 1 aliphatic heterocycles. The number of carbonyl (C=O) groups excluding carboxylic acids is 2. The van der Waals surface area contributed by atoms with Crippen LogP contribution in [0.5, 0.6) is 5.75 Å². The first kappa shape index (κ1) is 23.3. The van der Waals surface area contributed by atoms with E-state index >= 15 is 0 Å². The molecule has 2 aliphatic rings. The summed E-state index contributed by atoms with van der Waals surface area (Å²) < 4.78 is 48.2. The molecular formula is C21H30F3N3O4. The normalized spacial score (nSPS) is 18.5. The number of rotatable bonds is 6. The number of alkyl halides is 3. The summed E-state index contributed by atoms with van der Waals surface area (Å²) in [5.41, 5.74) is -0.137. The van der Waals surface area contributed by atoms with Crippen LogP contribution in [0.1, 0.15) is 63.4 Å². The van der Waals surface area contributed by atoms with Crippen LogP contribution < -0.4 is 10.1 Å². The third kappa shape index (κ3) is 6.32. The molecule has 1 saturated carbocycles. The van der Waals surface area contributed by atoms with Gasteiger partial charge in [-0.15, -0.1) is 0 Å². The van der Waals surface area contributed by atoms with E-state index in [4.69, 9.17) is 9.47 Å². The second-order valence-electron chi connectivity index (χ2n) is 9.05. The number of nitrogens with one attached hydrogen (secondary N) is 1. The fraction of sp³-hybridized carbons (Fsp3) is 0.667. The topological polar surface area (TPSA) is 80.8 Å². The van der Waals surface area contributed by atoms with E-state index in [9.17, 15) is 22.8 Å². The quantitative estimate of drug-likeness (QED) is 0.725. The van der Waals surface area contributed by atoms with Gasteiger partial charge in [-0.3, -0.25) is 14.6 Å². The minimum atomic E-state index is -4.49. The zero-order chi connectivity index (χ0) is 22.8. The molecule has 1 saturated heterocycles. The Morgan fingerprint density at radius 2 is 2.06 bits per heavy atom. The summed E-state index contributed by atoms with van der Waals surface area (Å²) >= 11 is 0. The third-order valence-electron chi connectivity index (χ3n) is 5.20. The van der Waals surface area contributed by atoms with Gasteiger partial charge in [0.05, 0.1) is 6.61 Å². The molecule has 2 amide bonds. The number of carbonyl (C=O) groups is 2. The van der Waals surface area contributed by atoms with E-state index in [1.807, 2.05) is 20.8 Å². The summed E-state index contributed by atoms with van der Waals surface area (Å²) in [6, 6.07) is 0.370. The van der Waals surface area contributed by atoms with Gasteiger partial charge < -0.3 is 19.7 Å².